The zero-order valence-electron chi connectivity index (χ0n) is 20.9. The molecule has 1 heterocycles. The lowest BCUT2D eigenvalue weighted by Gasteiger charge is -2.33. The maximum atomic E-state index is 13.7. The first-order valence-electron chi connectivity index (χ1n) is 11.7. The van der Waals surface area contributed by atoms with Gasteiger partial charge in [0.1, 0.15) is 25.8 Å². The minimum Gasteiger partial charge on any atom is -0.486 e. The molecule has 0 aliphatic carbocycles. The zero-order chi connectivity index (χ0) is 26.5. The summed E-state index contributed by atoms with van der Waals surface area (Å²) in [7, 11) is -3.86. The van der Waals surface area contributed by atoms with Crippen LogP contribution in [0.5, 0.6) is 11.5 Å². The van der Waals surface area contributed by atoms with Gasteiger partial charge in [0.25, 0.3) is 0 Å². The number of nitrogens with one attached hydrogen (secondary N) is 1. The number of benzene rings is 2. The Morgan fingerprint density at radius 2 is 1.75 bits per heavy atom. The van der Waals surface area contributed by atoms with Gasteiger partial charge >= 0.3 is 0 Å². The number of carbonyl (C=O) groups is 2. The highest BCUT2D eigenvalue weighted by Crippen LogP contribution is 2.34. The van der Waals surface area contributed by atoms with Crippen LogP contribution in [0.4, 0.5) is 5.69 Å². The Hall–Kier alpha value is -2.98. The van der Waals surface area contributed by atoms with Gasteiger partial charge in [-0.15, -0.1) is 0 Å². The summed E-state index contributed by atoms with van der Waals surface area (Å²) in [4.78, 5) is 28.1. The number of nitrogens with zero attached hydrogens (tertiary/aromatic N) is 2. The van der Waals surface area contributed by atoms with E-state index >= 15 is 0 Å². The topological polar surface area (TPSA) is 105 Å². The number of halogens is 1. The van der Waals surface area contributed by atoms with Crippen LogP contribution in [0, 0.1) is 0 Å². The van der Waals surface area contributed by atoms with Crippen LogP contribution >= 0.6 is 11.6 Å². The SMILES string of the molecule is CCC(C(=O)NC(C)C)N(Cc1ccccc1Cl)C(=O)CN(c1ccc2c(c1)OCCO2)S(C)(=O)=O. The van der Waals surface area contributed by atoms with E-state index < -0.39 is 28.5 Å². The fraction of sp³-hybridized carbons (Fsp3) is 0.440. The van der Waals surface area contributed by atoms with Crippen molar-refractivity contribution in [3.63, 3.8) is 0 Å². The van der Waals surface area contributed by atoms with Gasteiger partial charge in [-0.25, -0.2) is 8.42 Å². The summed E-state index contributed by atoms with van der Waals surface area (Å²) in [5.74, 6) is 0.0381. The van der Waals surface area contributed by atoms with Crippen LogP contribution < -0.4 is 19.1 Å². The normalized spacial score (nSPS) is 13.7. The molecule has 36 heavy (non-hydrogen) atoms. The first kappa shape index (κ1) is 27.6. The lowest BCUT2D eigenvalue weighted by Crippen LogP contribution is -2.53. The molecule has 1 aliphatic heterocycles. The van der Waals surface area contributed by atoms with Crippen molar-refractivity contribution in [1.29, 1.82) is 0 Å². The molecule has 0 fully saturated rings. The van der Waals surface area contributed by atoms with E-state index in [-0.39, 0.29) is 24.2 Å². The molecule has 1 N–H and O–H groups in total. The lowest BCUT2D eigenvalue weighted by molar-refractivity contribution is -0.140. The molecule has 9 nitrogen and oxygen atoms in total. The number of anilines is 1. The van der Waals surface area contributed by atoms with Crippen LogP contribution in [0.3, 0.4) is 0 Å². The molecule has 196 valence electrons. The minimum absolute atomic E-state index is 0.0429. The molecule has 0 saturated carbocycles. The van der Waals surface area contributed by atoms with Gasteiger partial charge < -0.3 is 19.7 Å². The van der Waals surface area contributed by atoms with Crippen LogP contribution in [0.25, 0.3) is 0 Å². The van der Waals surface area contributed by atoms with Crippen LogP contribution in [0.2, 0.25) is 5.02 Å². The smallest absolute Gasteiger partial charge is 0.244 e. The van der Waals surface area contributed by atoms with Gasteiger partial charge in [0.05, 0.1) is 11.9 Å². The number of hydrogen-bond acceptors (Lipinski definition) is 6. The Labute approximate surface area is 217 Å². The van der Waals surface area contributed by atoms with Crippen molar-refractivity contribution in [2.75, 3.05) is 30.3 Å². The molecule has 2 amide bonds. The van der Waals surface area contributed by atoms with E-state index in [1.165, 1.54) is 11.0 Å². The number of ether oxygens (including phenoxy) is 2. The highest BCUT2D eigenvalue weighted by molar-refractivity contribution is 7.92. The van der Waals surface area contributed by atoms with Crippen LogP contribution in [-0.2, 0) is 26.2 Å². The summed E-state index contributed by atoms with van der Waals surface area (Å²) >= 11 is 6.36. The summed E-state index contributed by atoms with van der Waals surface area (Å²) in [5.41, 5.74) is 0.904. The van der Waals surface area contributed by atoms with Crippen LogP contribution in [-0.4, -0.2) is 63.2 Å². The number of hydrogen-bond donors (Lipinski definition) is 1. The van der Waals surface area contributed by atoms with Gasteiger partial charge in [-0.3, -0.25) is 13.9 Å². The molecule has 1 atom stereocenters. The minimum atomic E-state index is -3.86. The van der Waals surface area contributed by atoms with E-state index in [9.17, 15) is 18.0 Å². The molecule has 2 aromatic rings. The van der Waals surface area contributed by atoms with Crippen molar-refractivity contribution < 1.29 is 27.5 Å². The fourth-order valence-electron chi connectivity index (χ4n) is 3.91. The highest BCUT2D eigenvalue weighted by Gasteiger charge is 2.32. The van der Waals surface area contributed by atoms with E-state index in [0.717, 1.165) is 10.6 Å². The molecule has 2 aromatic carbocycles. The average Bonchev–Trinajstić information content (AvgIpc) is 2.82. The molecule has 0 radical (unpaired) electrons. The Bertz CT molecular complexity index is 1200. The Balaban J connectivity index is 1.97. The predicted octanol–water partition coefficient (Wildman–Crippen LogP) is 3.21. The molecule has 0 bridgehead atoms. The van der Waals surface area contributed by atoms with E-state index in [1.807, 2.05) is 13.8 Å². The molecule has 1 aliphatic rings. The van der Waals surface area contributed by atoms with Gasteiger partial charge in [0.15, 0.2) is 11.5 Å². The average molecular weight is 538 g/mol. The number of carbonyl (C=O) groups excluding carboxylic acids is 2. The van der Waals surface area contributed by atoms with Crippen molar-refractivity contribution in [3.8, 4) is 11.5 Å². The molecular formula is C25H32ClN3O6S. The van der Waals surface area contributed by atoms with Crippen LogP contribution in [0.1, 0.15) is 32.8 Å². The molecule has 1 unspecified atom stereocenters. The monoisotopic (exact) mass is 537 g/mol. The second-order valence-corrected chi connectivity index (χ2v) is 11.1. The van der Waals surface area contributed by atoms with Crippen molar-refractivity contribution in [2.45, 2.75) is 45.8 Å². The van der Waals surface area contributed by atoms with E-state index in [2.05, 4.69) is 5.32 Å². The molecule has 0 spiro atoms. The van der Waals surface area contributed by atoms with Gasteiger partial charge in [-0.1, -0.05) is 36.7 Å². The number of rotatable bonds is 10. The number of sulfonamides is 1. The largest absolute Gasteiger partial charge is 0.486 e. The van der Waals surface area contributed by atoms with Gasteiger partial charge in [0, 0.05) is 23.7 Å². The van der Waals surface area contributed by atoms with Crippen molar-refractivity contribution in [2.24, 2.45) is 0 Å². The van der Waals surface area contributed by atoms with Gasteiger partial charge in [-0.2, -0.15) is 0 Å². The van der Waals surface area contributed by atoms with Gasteiger partial charge in [0.2, 0.25) is 21.8 Å². The Morgan fingerprint density at radius 3 is 2.36 bits per heavy atom. The van der Waals surface area contributed by atoms with Gasteiger partial charge in [-0.05, 0) is 44.0 Å². The van der Waals surface area contributed by atoms with Crippen LogP contribution in [0.15, 0.2) is 42.5 Å². The first-order chi connectivity index (χ1) is 17.0. The fourth-order valence-corrected chi connectivity index (χ4v) is 4.95. The summed E-state index contributed by atoms with van der Waals surface area (Å²) in [6.45, 7) is 5.73. The third-order valence-electron chi connectivity index (χ3n) is 5.61. The number of fused-ring (bicyclic) bond motifs is 1. The quantitative estimate of drug-likeness (QED) is 0.499. The lowest BCUT2D eigenvalue weighted by atomic mass is 10.1. The molecule has 0 saturated heterocycles. The second kappa shape index (κ2) is 11.8. The maximum absolute atomic E-state index is 13.7. The number of amides is 2. The Morgan fingerprint density at radius 1 is 1.08 bits per heavy atom. The zero-order valence-corrected chi connectivity index (χ0v) is 22.4. The molecule has 0 aromatic heterocycles. The molecular weight excluding hydrogens is 506 g/mol. The summed E-state index contributed by atoms with van der Waals surface area (Å²) in [6, 6.07) is 10.8. The Kier molecular flexibility index (Phi) is 9.08. The first-order valence-corrected chi connectivity index (χ1v) is 13.9. The third kappa shape index (κ3) is 6.82. The van der Waals surface area contributed by atoms with E-state index in [4.69, 9.17) is 21.1 Å². The summed E-state index contributed by atoms with van der Waals surface area (Å²) in [6.07, 6.45) is 1.36. The van der Waals surface area contributed by atoms with Crippen molar-refractivity contribution in [3.05, 3.63) is 53.1 Å². The summed E-state index contributed by atoms with van der Waals surface area (Å²) in [5, 5.41) is 3.30. The molecule has 11 heteroatoms. The summed E-state index contributed by atoms with van der Waals surface area (Å²) < 4.78 is 37.6. The maximum Gasteiger partial charge on any atom is 0.244 e. The molecule has 3 rings (SSSR count). The third-order valence-corrected chi connectivity index (χ3v) is 7.12. The van der Waals surface area contributed by atoms with E-state index in [0.29, 0.717) is 41.7 Å². The highest BCUT2D eigenvalue weighted by atomic mass is 35.5. The van der Waals surface area contributed by atoms with E-state index in [1.54, 1.807) is 43.3 Å². The standard InChI is InChI=1S/C25H32ClN3O6S/c1-5-21(25(31)27-17(2)3)28(15-18-8-6-7-9-20(18)26)24(30)16-29(36(4,32)33)19-10-11-22-23(14-19)35-13-12-34-22/h6-11,14,17,21H,5,12-13,15-16H2,1-4H3,(H,27,31). The predicted molar refractivity (Wildman–Crippen MR) is 139 cm³/mol. The second-order valence-electron chi connectivity index (χ2n) is 8.80. The van der Waals surface area contributed by atoms with Crippen molar-refractivity contribution >= 4 is 39.1 Å². The van der Waals surface area contributed by atoms with Crippen molar-refractivity contribution in [1.82, 2.24) is 10.2 Å².